The number of nitrogens with one attached hydrogen (secondary N) is 1. The molecule has 1 unspecified atom stereocenters. The SMILES string of the molecule is COc1ccc(C)cc1NCC1CN(C)CCO1. The number of benzene rings is 1. The van der Waals surface area contributed by atoms with Crippen LogP contribution in [0.15, 0.2) is 18.2 Å². The van der Waals surface area contributed by atoms with Crippen molar-refractivity contribution in [2.24, 2.45) is 0 Å². The van der Waals surface area contributed by atoms with Gasteiger partial charge < -0.3 is 19.7 Å². The lowest BCUT2D eigenvalue weighted by Crippen LogP contribution is -2.43. The van der Waals surface area contributed by atoms with Gasteiger partial charge in [-0.05, 0) is 31.7 Å². The molecule has 1 fully saturated rings. The standard InChI is InChI=1S/C14H22N2O2/c1-11-4-5-14(17-3)13(8-11)15-9-12-10-16(2)6-7-18-12/h4-5,8,12,15H,6-7,9-10H2,1-3H3. The maximum Gasteiger partial charge on any atom is 0.141 e. The molecule has 1 N–H and O–H groups in total. The number of ether oxygens (including phenoxy) is 2. The fourth-order valence-corrected chi connectivity index (χ4v) is 2.17. The number of aryl methyl sites for hydroxylation is 1. The Bertz CT molecular complexity index is 395. The molecule has 1 aliphatic rings. The van der Waals surface area contributed by atoms with Crippen LogP contribution in [0.2, 0.25) is 0 Å². The first-order valence-electron chi connectivity index (χ1n) is 6.37. The van der Waals surface area contributed by atoms with Crippen LogP contribution in [-0.2, 0) is 4.74 Å². The molecule has 0 spiro atoms. The summed E-state index contributed by atoms with van der Waals surface area (Å²) in [5.41, 5.74) is 2.26. The van der Waals surface area contributed by atoms with Crippen LogP contribution in [0, 0.1) is 6.92 Å². The Balaban J connectivity index is 1.94. The highest BCUT2D eigenvalue weighted by atomic mass is 16.5. The van der Waals surface area contributed by atoms with E-state index in [9.17, 15) is 0 Å². The molecule has 100 valence electrons. The number of anilines is 1. The third-order valence-electron chi connectivity index (χ3n) is 3.22. The first-order valence-corrected chi connectivity index (χ1v) is 6.37. The summed E-state index contributed by atoms with van der Waals surface area (Å²) < 4.78 is 11.1. The molecule has 2 rings (SSSR count). The average molecular weight is 250 g/mol. The van der Waals surface area contributed by atoms with Crippen molar-refractivity contribution < 1.29 is 9.47 Å². The van der Waals surface area contributed by atoms with E-state index in [-0.39, 0.29) is 6.10 Å². The number of nitrogens with zero attached hydrogens (tertiary/aromatic N) is 1. The predicted molar refractivity (Wildman–Crippen MR) is 73.5 cm³/mol. The molecular formula is C14H22N2O2. The summed E-state index contributed by atoms with van der Waals surface area (Å²) in [6.45, 7) is 5.69. The molecule has 1 heterocycles. The van der Waals surface area contributed by atoms with Crippen LogP contribution in [0.3, 0.4) is 0 Å². The van der Waals surface area contributed by atoms with Gasteiger partial charge in [0, 0.05) is 19.6 Å². The van der Waals surface area contributed by atoms with E-state index in [1.807, 2.05) is 6.07 Å². The van der Waals surface area contributed by atoms with Crippen LogP contribution >= 0.6 is 0 Å². The minimum absolute atomic E-state index is 0.244. The van der Waals surface area contributed by atoms with E-state index in [2.05, 4.69) is 36.3 Å². The van der Waals surface area contributed by atoms with Crippen LogP contribution in [0.5, 0.6) is 5.75 Å². The van der Waals surface area contributed by atoms with Gasteiger partial charge in [0.25, 0.3) is 0 Å². The molecule has 0 radical (unpaired) electrons. The molecular weight excluding hydrogens is 228 g/mol. The minimum Gasteiger partial charge on any atom is -0.495 e. The van der Waals surface area contributed by atoms with E-state index in [4.69, 9.17) is 9.47 Å². The van der Waals surface area contributed by atoms with Crippen molar-refractivity contribution in [1.82, 2.24) is 4.90 Å². The van der Waals surface area contributed by atoms with Gasteiger partial charge in [-0.2, -0.15) is 0 Å². The second kappa shape index (κ2) is 6.07. The topological polar surface area (TPSA) is 33.7 Å². The van der Waals surface area contributed by atoms with E-state index in [0.717, 1.165) is 37.7 Å². The first-order chi connectivity index (χ1) is 8.69. The lowest BCUT2D eigenvalue weighted by molar-refractivity contribution is -0.0117. The average Bonchev–Trinajstić information content (AvgIpc) is 2.37. The van der Waals surface area contributed by atoms with Crippen molar-refractivity contribution in [3.05, 3.63) is 23.8 Å². The molecule has 1 saturated heterocycles. The van der Waals surface area contributed by atoms with Crippen molar-refractivity contribution in [2.45, 2.75) is 13.0 Å². The van der Waals surface area contributed by atoms with E-state index >= 15 is 0 Å². The van der Waals surface area contributed by atoms with Gasteiger partial charge in [0.1, 0.15) is 5.75 Å². The van der Waals surface area contributed by atoms with Crippen molar-refractivity contribution in [3.8, 4) is 5.75 Å². The lowest BCUT2D eigenvalue weighted by atomic mass is 10.2. The molecule has 4 nitrogen and oxygen atoms in total. The molecule has 0 bridgehead atoms. The fourth-order valence-electron chi connectivity index (χ4n) is 2.17. The van der Waals surface area contributed by atoms with Crippen LogP contribution < -0.4 is 10.1 Å². The van der Waals surface area contributed by atoms with E-state index in [0.29, 0.717) is 0 Å². The lowest BCUT2D eigenvalue weighted by Gasteiger charge is -2.30. The summed E-state index contributed by atoms with van der Waals surface area (Å²) in [4.78, 5) is 2.29. The molecule has 1 aliphatic heterocycles. The molecule has 0 aromatic heterocycles. The zero-order valence-electron chi connectivity index (χ0n) is 11.4. The van der Waals surface area contributed by atoms with Crippen LogP contribution in [-0.4, -0.2) is 51.4 Å². The van der Waals surface area contributed by atoms with Gasteiger partial charge in [0.15, 0.2) is 0 Å². The smallest absolute Gasteiger partial charge is 0.141 e. The molecule has 0 aliphatic carbocycles. The summed E-state index contributed by atoms with van der Waals surface area (Å²) in [6.07, 6.45) is 0.244. The van der Waals surface area contributed by atoms with Gasteiger partial charge in [0.2, 0.25) is 0 Å². The Hall–Kier alpha value is -1.26. The van der Waals surface area contributed by atoms with E-state index < -0.39 is 0 Å². The van der Waals surface area contributed by atoms with Crippen LogP contribution in [0.1, 0.15) is 5.56 Å². The summed E-state index contributed by atoms with van der Waals surface area (Å²) in [5, 5.41) is 3.42. The van der Waals surface area contributed by atoms with Gasteiger partial charge in [-0.3, -0.25) is 0 Å². The predicted octanol–water partition coefficient (Wildman–Crippen LogP) is 1.75. The van der Waals surface area contributed by atoms with E-state index in [1.54, 1.807) is 7.11 Å². The molecule has 0 amide bonds. The van der Waals surface area contributed by atoms with Gasteiger partial charge in [-0.15, -0.1) is 0 Å². The fraction of sp³-hybridized carbons (Fsp3) is 0.571. The van der Waals surface area contributed by atoms with Gasteiger partial charge in [-0.25, -0.2) is 0 Å². The highest BCUT2D eigenvalue weighted by Crippen LogP contribution is 2.25. The largest absolute Gasteiger partial charge is 0.495 e. The Morgan fingerprint density at radius 2 is 2.33 bits per heavy atom. The minimum atomic E-state index is 0.244. The zero-order chi connectivity index (χ0) is 13.0. The molecule has 1 aromatic carbocycles. The second-order valence-corrected chi connectivity index (χ2v) is 4.84. The van der Waals surface area contributed by atoms with Crippen molar-refractivity contribution in [1.29, 1.82) is 0 Å². The Kier molecular flexibility index (Phi) is 4.44. The first kappa shape index (κ1) is 13.2. The monoisotopic (exact) mass is 250 g/mol. The third kappa shape index (κ3) is 3.37. The van der Waals surface area contributed by atoms with Crippen molar-refractivity contribution >= 4 is 5.69 Å². The van der Waals surface area contributed by atoms with Crippen LogP contribution in [0.4, 0.5) is 5.69 Å². The maximum atomic E-state index is 5.73. The second-order valence-electron chi connectivity index (χ2n) is 4.84. The summed E-state index contributed by atoms with van der Waals surface area (Å²) in [6, 6.07) is 6.14. The summed E-state index contributed by atoms with van der Waals surface area (Å²) in [7, 11) is 3.82. The summed E-state index contributed by atoms with van der Waals surface area (Å²) in [5.74, 6) is 0.879. The number of morpholine rings is 1. The maximum absolute atomic E-state index is 5.73. The van der Waals surface area contributed by atoms with E-state index in [1.165, 1.54) is 5.56 Å². The normalized spacial score (nSPS) is 20.7. The highest BCUT2D eigenvalue weighted by molar-refractivity contribution is 5.58. The van der Waals surface area contributed by atoms with Crippen molar-refractivity contribution in [2.75, 3.05) is 45.7 Å². The van der Waals surface area contributed by atoms with Gasteiger partial charge >= 0.3 is 0 Å². The highest BCUT2D eigenvalue weighted by Gasteiger charge is 2.17. The molecule has 0 saturated carbocycles. The Morgan fingerprint density at radius 3 is 3.06 bits per heavy atom. The van der Waals surface area contributed by atoms with Crippen molar-refractivity contribution in [3.63, 3.8) is 0 Å². The third-order valence-corrected chi connectivity index (χ3v) is 3.22. The molecule has 18 heavy (non-hydrogen) atoms. The number of hydrogen-bond acceptors (Lipinski definition) is 4. The number of likely N-dealkylation sites (N-methyl/N-ethyl adjacent to an activating group) is 1. The number of rotatable bonds is 4. The number of hydrogen-bond donors (Lipinski definition) is 1. The Labute approximate surface area is 109 Å². The molecule has 4 heteroatoms. The summed E-state index contributed by atoms with van der Waals surface area (Å²) >= 11 is 0. The van der Waals surface area contributed by atoms with Gasteiger partial charge in [0.05, 0.1) is 25.5 Å². The van der Waals surface area contributed by atoms with Gasteiger partial charge in [-0.1, -0.05) is 6.07 Å². The number of methoxy groups -OCH3 is 1. The Morgan fingerprint density at radius 1 is 1.50 bits per heavy atom. The molecule has 1 aromatic rings. The molecule has 1 atom stereocenters. The zero-order valence-corrected chi connectivity index (χ0v) is 11.4. The van der Waals surface area contributed by atoms with Crippen LogP contribution in [0.25, 0.3) is 0 Å². The quantitative estimate of drug-likeness (QED) is 0.882.